The van der Waals surface area contributed by atoms with Gasteiger partial charge in [0.05, 0.1) is 0 Å². The van der Waals surface area contributed by atoms with Gasteiger partial charge in [0.25, 0.3) is 5.91 Å². The number of carbonyl (C=O) groups excluding carboxylic acids is 1. The lowest BCUT2D eigenvalue weighted by Gasteiger charge is -2.09. The van der Waals surface area contributed by atoms with Gasteiger partial charge in [-0.05, 0) is 37.3 Å². The molecule has 1 amide bonds. The van der Waals surface area contributed by atoms with Crippen molar-refractivity contribution in [3.63, 3.8) is 0 Å². The molecule has 0 aliphatic rings. The molecule has 6 nitrogen and oxygen atoms in total. The summed E-state index contributed by atoms with van der Waals surface area (Å²) in [4.78, 5) is 12.2. The van der Waals surface area contributed by atoms with Crippen LogP contribution in [0.5, 0.6) is 0 Å². The van der Waals surface area contributed by atoms with Crippen molar-refractivity contribution in [2.24, 2.45) is 0 Å². The van der Waals surface area contributed by atoms with E-state index < -0.39 is 0 Å². The molecule has 2 rings (SSSR count). The van der Waals surface area contributed by atoms with Crippen molar-refractivity contribution < 1.29 is 4.79 Å². The van der Waals surface area contributed by atoms with Crippen LogP contribution in [0.25, 0.3) is 0 Å². The first kappa shape index (κ1) is 17.3. The summed E-state index contributed by atoms with van der Waals surface area (Å²) in [7, 11) is 0. The number of nitrogens with one attached hydrogen (secondary N) is 2. The minimum absolute atomic E-state index is 0.146. The summed E-state index contributed by atoms with van der Waals surface area (Å²) in [5.41, 5.74) is 2.12. The third kappa shape index (κ3) is 4.45. The smallest absolute Gasteiger partial charge is 0.255 e. The molecule has 2 aromatic rings. The van der Waals surface area contributed by atoms with E-state index in [1.807, 2.05) is 19.1 Å². The molecule has 6 heteroatoms. The molecular formula is C19H13N5O. The Morgan fingerprint density at radius 1 is 0.880 bits per heavy atom. The maximum absolute atomic E-state index is 12.2. The van der Waals surface area contributed by atoms with Gasteiger partial charge in [-0.25, -0.2) is 0 Å². The van der Waals surface area contributed by atoms with Gasteiger partial charge >= 0.3 is 0 Å². The molecule has 0 unspecified atom stereocenters. The molecule has 0 aliphatic heterocycles. The summed E-state index contributed by atoms with van der Waals surface area (Å²) in [5, 5.41) is 32.2. The van der Waals surface area contributed by atoms with Gasteiger partial charge < -0.3 is 10.6 Å². The van der Waals surface area contributed by atoms with Crippen LogP contribution in [0.15, 0.2) is 59.8 Å². The zero-order valence-electron chi connectivity index (χ0n) is 13.4. The van der Waals surface area contributed by atoms with Crippen LogP contribution in [-0.2, 0) is 0 Å². The third-order valence-corrected chi connectivity index (χ3v) is 3.29. The Morgan fingerprint density at radius 2 is 1.48 bits per heavy atom. The van der Waals surface area contributed by atoms with Crippen molar-refractivity contribution in [3.8, 4) is 18.2 Å². The van der Waals surface area contributed by atoms with Crippen LogP contribution in [0.3, 0.4) is 0 Å². The first-order chi connectivity index (χ1) is 12.1. The largest absolute Gasteiger partial charge is 0.345 e. The van der Waals surface area contributed by atoms with Crippen LogP contribution in [0.2, 0.25) is 0 Å². The molecule has 0 spiro atoms. The second-order valence-electron chi connectivity index (χ2n) is 5.11. The zero-order valence-corrected chi connectivity index (χ0v) is 13.4. The lowest BCUT2D eigenvalue weighted by molar-refractivity contribution is 0.102. The summed E-state index contributed by atoms with van der Waals surface area (Å²) in [6.45, 7) is 1.94. The lowest BCUT2D eigenvalue weighted by Crippen LogP contribution is -2.12. The number of nitriles is 3. The van der Waals surface area contributed by atoms with Gasteiger partial charge in [0.1, 0.15) is 23.9 Å². The Kier molecular flexibility index (Phi) is 5.50. The fourth-order valence-electron chi connectivity index (χ4n) is 2.01. The number of rotatable bonds is 4. The van der Waals surface area contributed by atoms with E-state index >= 15 is 0 Å². The monoisotopic (exact) mass is 327 g/mol. The number of hydrogen-bond donors (Lipinski definition) is 2. The molecule has 25 heavy (non-hydrogen) atoms. The number of anilines is 2. The lowest BCUT2D eigenvalue weighted by atomic mass is 10.1. The normalized spacial score (nSPS) is 9.04. The standard InChI is InChI=1S/C19H13N5O/c1-13-5-7-14(8-6-13)19(25)24-17-4-2-3-16(9-17)23-18(12-22)15(10-20)11-21/h2-9,23H,1H3,(H,24,25). The molecule has 2 aromatic carbocycles. The van der Waals surface area contributed by atoms with Crippen molar-refractivity contribution in [2.75, 3.05) is 10.6 Å². The Bertz CT molecular complexity index is 937. The number of amides is 1. The molecule has 0 saturated carbocycles. The van der Waals surface area contributed by atoms with Gasteiger partial charge in [-0.15, -0.1) is 0 Å². The van der Waals surface area contributed by atoms with Crippen molar-refractivity contribution >= 4 is 17.3 Å². The Hall–Kier alpha value is -4.08. The van der Waals surface area contributed by atoms with E-state index in [1.165, 1.54) is 0 Å². The molecule has 0 fully saturated rings. The fraction of sp³-hybridized carbons (Fsp3) is 0.0526. The quantitative estimate of drug-likeness (QED) is 0.835. The number of aryl methyl sites for hydroxylation is 1. The van der Waals surface area contributed by atoms with Crippen molar-refractivity contribution in [1.82, 2.24) is 0 Å². The van der Waals surface area contributed by atoms with Crippen LogP contribution in [0, 0.1) is 40.9 Å². The van der Waals surface area contributed by atoms with E-state index in [-0.39, 0.29) is 17.2 Å². The molecule has 0 bridgehead atoms. The first-order valence-corrected chi connectivity index (χ1v) is 7.27. The number of hydrogen-bond acceptors (Lipinski definition) is 5. The zero-order chi connectivity index (χ0) is 18.2. The van der Waals surface area contributed by atoms with Crippen molar-refractivity contribution in [2.45, 2.75) is 6.92 Å². The highest BCUT2D eigenvalue weighted by Crippen LogP contribution is 2.18. The van der Waals surface area contributed by atoms with Crippen LogP contribution in [0.1, 0.15) is 15.9 Å². The van der Waals surface area contributed by atoms with E-state index in [1.54, 1.807) is 54.6 Å². The van der Waals surface area contributed by atoms with E-state index in [0.717, 1.165) is 5.56 Å². The SMILES string of the molecule is Cc1ccc(C(=O)Nc2cccc(NC(C#N)=C(C#N)C#N)c2)cc1. The van der Waals surface area contributed by atoms with E-state index in [2.05, 4.69) is 10.6 Å². The van der Waals surface area contributed by atoms with Crippen LogP contribution >= 0.6 is 0 Å². The van der Waals surface area contributed by atoms with Crippen molar-refractivity contribution in [1.29, 1.82) is 15.8 Å². The third-order valence-electron chi connectivity index (χ3n) is 3.29. The number of allylic oxidation sites excluding steroid dienone is 2. The topological polar surface area (TPSA) is 112 Å². The molecule has 0 radical (unpaired) electrons. The second kappa shape index (κ2) is 7.97. The Morgan fingerprint density at radius 3 is 2.04 bits per heavy atom. The molecule has 0 heterocycles. The van der Waals surface area contributed by atoms with E-state index in [4.69, 9.17) is 15.8 Å². The average molecular weight is 327 g/mol. The van der Waals surface area contributed by atoms with Gasteiger partial charge in [-0.1, -0.05) is 23.8 Å². The van der Waals surface area contributed by atoms with Crippen LogP contribution in [0.4, 0.5) is 11.4 Å². The molecule has 120 valence electrons. The number of carbonyl (C=O) groups is 1. The summed E-state index contributed by atoms with van der Waals surface area (Å²) in [6.07, 6.45) is 0. The number of nitrogens with zero attached hydrogens (tertiary/aromatic N) is 3. The maximum atomic E-state index is 12.2. The molecule has 0 atom stereocenters. The Labute approximate surface area is 145 Å². The molecular weight excluding hydrogens is 314 g/mol. The maximum Gasteiger partial charge on any atom is 0.255 e. The minimum Gasteiger partial charge on any atom is -0.345 e. The summed E-state index contributed by atoms with van der Waals surface area (Å²) in [6, 6.07) is 18.9. The van der Waals surface area contributed by atoms with Gasteiger partial charge in [-0.2, -0.15) is 15.8 Å². The minimum atomic E-state index is -0.309. The number of benzene rings is 2. The second-order valence-corrected chi connectivity index (χ2v) is 5.11. The molecule has 0 aromatic heterocycles. The van der Waals surface area contributed by atoms with E-state index in [9.17, 15) is 4.79 Å². The molecule has 0 aliphatic carbocycles. The summed E-state index contributed by atoms with van der Waals surface area (Å²) < 4.78 is 0. The predicted molar refractivity (Wildman–Crippen MR) is 93.1 cm³/mol. The summed E-state index contributed by atoms with van der Waals surface area (Å²) in [5.74, 6) is -0.261. The van der Waals surface area contributed by atoms with Crippen LogP contribution < -0.4 is 10.6 Å². The van der Waals surface area contributed by atoms with Gasteiger partial charge in [0.15, 0.2) is 5.57 Å². The molecule has 0 saturated heterocycles. The average Bonchev–Trinajstić information content (AvgIpc) is 2.62. The highest BCUT2D eigenvalue weighted by molar-refractivity contribution is 6.04. The summed E-state index contributed by atoms with van der Waals surface area (Å²) >= 11 is 0. The highest BCUT2D eigenvalue weighted by Gasteiger charge is 2.08. The van der Waals surface area contributed by atoms with Crippen molar-refractivity contribution in [3.05, 3.63) is 70.9 Å². The molecule has 2 N–H and O–H groups in total. The van der Waals surface area contributed by atoms with Gasteiger partial charge in [-0.3, -0.25) is 4.79 Å². The fourth-order valence-corrected chi connectivity index (χ4v) is 2.01. The predicted octanol–water partition coefficient (Wildman–Crippen LogP) is 3.48. The highest BCUT2D eigenvalue weighted by atomic mass is 16.1. The van der Waals surface area contributed by atoms with Gasteiger partial charge in [0, 0.05) is 16.9 Å². The first-order valence-electron chi connectivity index (χ1n) is 7.27. The van der Waals surface area contributed by atoms with E-state index in [0.29, 0.717) is 16.9 Å². The van der Waals surface area contributed by atoms with Crippen LogP contribution in [-0.4, -0.2) is 5.91 Å². The Balaban J connectivity index is 2.19. The van der Waals surface area contributed by atoms with Gasteiger partial charge in [0.2, 0.25) is 0 Å².